The number of aromatic nitrogens is 1. The van der Waals surface area contributed by atoms with E-state index in [1.165, 1.54) is 27.4 Å². The van der Waals surface area contributed by atoms with Gasteiger partial charge in [0.15, 0.2) is 0 Å². The Morgan fingerprint density at radius 1 is 0.912 bits per heavy atom. The van der Waals surface area contributed by atoms with Gasteiger partial charge in [-0.05, 0) is 61.3 Å². The second kappa shape index (κ2) is 7.18. The Kier molecular flexibility index (Phi) is 4.38. The van der Waals surface area contributed by atoms with Crippen molar-refractivity contribution in [1.82, 2.24) is 4.98 Å². The number of nitrogens with zero attached hydrogens (tertiary/aromatic N) is 1. The van der Waals surface area contributed by atoms with Gasteiger partial charge in [-0.15, -0.1) is 11.8 Å². The minimum Gasteiger partial charge on any atom is -0.307 e. The topological polar surface area (TPSA) is 70.2 Å². The molecule has 2 aliphatic heterocycles. The van der Waals surface area contributed by atoms with Crippen LogP contribution in [-0.2, 0) is 9.59 Å². The van der Waals surface area contributed by atoms with E-state index < -0.39 is 0 Å². The number of benzene rings is 2. The van der Waals surface area contributed by atoms with Crippen LogP contribution in [0.1, 0.15) is 33.9 Å². The van der Waals surface area contributed by atoms with E-state index in [-0.39, 0.29) is 57.4 Å². The molecule has 34 heavy (non-hydrogen) atoms. The molecule has 3 heterocycles. The fourth-order valence-corrected chi connectivity index (χ4v) is 10.1. The van der Waals surface area contributed by atoms with Crippen molar-refractivity contribution in [2.45, 2.75) is 36.5 Å². The number of amides is 2. The lowest BCUT2D eigenvalue weighted by atomic mass is 9.67. The smallest absolute Gasteiger partial charge is 0.305 e. The first-order chi connectivity index (χ1) is 16.4. The average Bonchev–Trinajstić information content (AvgIpc) is 3.54. The predicted octanol–water partition coefficient (Wildman–Crippen LogP) is 4.73. The fraction of sp³-hybridized carbons (Fsp3) is 0.370. The Labute approximate surface area is 205 Å². The van der Waals surface area contributed by atoms with Gasteiger partial charge >= 0.3 is 4.87 Å². The van der Waals surface area contributed by atoms with Gasteiger partial charge in [-0.3, -0.25) is 19.3 Å². The monoisotopic (exact) mass is 488 g/mol. The van der Waals surface area contributed by atoms with E-state index >= 15 is 0 Å². The number of anilines is 1. The molecule has 7 rings (SSSR count). The van der Waals surface area contributed by atoms with Crippen LogP contribution in [0, 0.1) is 43.4 Å². The van der Waals surface area contributed by atoms with Gasteiger partial charge in [0.25, 0.3) is 0 Å². The molecule has 172 valence electrons. The second-order valence-electron chi connectivity index (χ2n) is 10.2. The number of hydrogen-bond donors (Lipinski definition) is 1. The second-order valence-corrected chi connectivity index (χ2v) is 12.4. The number of rotatable bonds is 2. The van der Waals surface area contributed by atoms with Crippen molar-refractivity contribution >= 4 is 40.6 Å². The minimum absolute atomic E-state index is 0.0266. The maximum atomic E-state index is 13.8. The summed E-state index contributed by atoms with van der Waals surface area (Å²) in [7, 11) is 0. The third kappa shape index (κ3) is 2.65. The van der Waals surface area contributed by atoms with Crippen molar-refractivity contribution in [3.63, 3.8) is 0 Å². The Balaban J connectivity index is 1.34. The number of carbonyl (C=O) groups is 2. The zero-order valence-corrected chi connectivity index (χ0v) is 20.5. The number of hydrogen-bond acceptors (Lipinski definition) is 5. The molecule has 3 aromatic rings. The highest BCUT2D eigenvalue weighted by Gasteiger charge is 2.69. The van der Waals surface area contributed by atoms with Crippen LogP contribution in [0.4, 0.5) is 5.69 Å². The summed E-state index contributed by atoms with van der Waals surface area (Å²) in [5, 5.41) is 1.18. The number of carbonyl (C=O) groups excluding carboxylic acids is 2. The van der Waals surface area contributed by atoms with Gasteiger partial charge in [0.1, 0.15) is 0 Å². The molecule has 2 saturated carbocycles. The molecule has 2 bridgehead atoms. The number of thioether (sulfide) groups is 1. The van der Waals surface area contributed by atoms with Gasteiger partial charge in [-0.2, -0.15) is 0 Å². The van der Waals surface area contributed by atoms with Gasteiger partial charge in [0, 0.05) is 16.0 Å². The van der Waals surface area contributed by atoms with Crippen LogP contribution in [0.15, 0.2) is 58.4 Å². The Morgan fingerprint density at radius 3 is 2.35 bits per heavy atom. The van der Waals surface area contributed by atoms with Gasteiger partial charge in [0.2, 0.25) is 11.8 Å². The van der Waals surface area contributed by atoms with Crippen molar-refractivity contribution in [2.24, 2.45) is 29.6 Å². The van der Waals surface area contributed by atoms with Crippen LogP contribution in [0.5, 0.6) is 0 Å². The van der Waals surface area contributed by atoms with Gasteiger partial charge in [-0.25, -0.2) is 0 Å². The standard InChI is InChI=1S/C27H24N2O3S2/c1-12-7-9-14(10-8-12)29-25(30)20-16-11-17(21(20)26(29)31)22-19(16)18(15-6-4-3-5-13(15)2)23-24(33-22)28-27(32)34-23/h3-10,16-22H,11H2,1-2H3,(H,28,32)/t16?,17?,18-,19?,20?,21?,22?/m1/s1. The minimum atomic E-state index is -0.260. The third-order valence-electron chi connectivity index (χ3n) is 8.54. The molecule has 2 aliphatic carbocycles. The molecule has 1 aromatic heterocycles. The molecular weight excluding hydrogens is 464 g/mol. The quantitative estimate of drug-likeness (QED) is 0.530. The normalized spacial score (nSPS) is 33.2. The molecule has 2 amide bonds. The highest BCUT2D eigenvalue weighted by Crippen LogP contribution is 2.68. The zero-order chi connectivity index (χ0) is 23.3. The van der Waals surface area contributed by atoms with Gasteiger partial charge in [0.05, 0.1) is 22.5 Å². The number of H-pyrrole nitrogens is 1. The van der Waals surface area contributed by atoms with Crippen LogP contribution < -0.4 is 9.77 Å². The molecule has 7 heteroatoms. The summed E-state index contributed by atoms with van der Waals surface area (Å²) in [6.45, 7) is 4.13. The molecule has 4 aliphatic rings. The van der Waals surface area contributed by atoms with Crippen LogP contribution in [0.3, 0.4) is 0 Å². The number of aryl methyl sites for hydroxylation is 2. The van der Waals surface area contributed by atoms with Crippen molar-refractivity contribution in [3.05, 3.63) is 79.8 Å². The third-order valence-corrected chi connectivity index (χ3v) is 11.1. The summed E-state index contributed by atoms with van der Waals surface area (Å²) < 4.78 is 0. The Bertz CT molecular complexity index is 1410. The molecule has 0 spiro atoms. The number of fused-ring (bicyclic) bond motifs is 9. The molecule has 1 N–H and O–H groups in total. The van der Waals surface area contributed by atoms with E-state index in [1.54, 1.807) is 11.8 Å². The molecule has 2 aromatic carbocycles. The lowest BCUT2D eigenvalue weighted by molar-refractivity contribution is -0.123. The first kappa shape index (κ1) is 20.7. The number of thiazole rings is 1. The van der Waals surface area contributed by atoms with Crippen LogP contribution >= 0.6 is 23.1 Å². The summed E-state index contributed by atoms with van der Waals surface area (Å²) in [5.74, 6) is 0.0363. The molecule has 6 unspecified atom stereocenters. The summed E-state index contributed by atoms with van der Waals surface area (Å²) in [6.07, 6.45) is 0.915. The van der Waals surface area contributed by atoms with E-state index in [9.17, 15) is 14.4 Å². The molecule has 0 radical (unpaired) electrons. The van der Waals surface area contributed by atoms with E-state index in [1.807, 2.05) is 37.3 Å². The summed E-state index contributed by atoms with van der Waals surface area (Å²) in [4.78, 5) is 45.4. The van der Waals surface area contributed by atoms with Crippen LogP contribution in [0.25, 0.3) is 0 Å². The van der Waals surface area contributed by atoms with Gasteiger partial charge in [-0.1, -0.05) is 53.3 Å². The number of nitrogens with one attached hydrogen (secondary N) is 1. The average molecular weight is 489 g/mol. The molecule has 5 nitrogen and oxygen atoms in total. The van der Waals surface area contributed by atoms with E-state index in [4.69, 9.17) is 0 Å². The number of imide groups is 1. The predicted molar refractivity (Wildman–Crippen MR) is 133 cm³/mol. The van der Waals surface area contributed by atoms with E-state index in [0.717, 1.165) is 21.9 Å². The van der Waals surface area contributed by atoms with Crippen molar-refractivity contribution < 1.29 is 9.59 Å². The maximum Gasteiger partial charge on any atom is 0.305 e. The number of aromatic amines is 1. The SMILES string of the molecule is Cc1ccc(N2C(=O)C3C4CC(C3C2=O)C2C4Sc3[nH]c(=O)sc3[C@@H]2c2ccccc2C)cc1. The van der Waals surface area contributed by atoms with Crippen LogP contribution in [-0.4, -0.2) is 22.0 Å². The Morgan fingerprint density at radius 2 is 1.62 bits per heavy atom. The maximum absolute atomic E-state index is 13.8. The summed E-state index contributed by atoms with van der Waals surface area (Å²) in [5.41, 5.74) is 4.24. The first-order valence-electron chi connectivity index (χ1n) is 11.8. The highest BCUT2D eigenvalue weighted by molar-refractivity contribution is 8.00. The zero-order valence-electron chi connectivity index (χ0n) is 18.9. The molecule has 1 saturated heterocycles. The van der Waals surface area contributed by atoms with Crippen LogP contribution in [0.2, 0.25) is 0 Å². The molecule has 7 atom stereocenters. The van der Waals surface area contributed by atoms with E-state index in [2.05, 4.69) is 30.1 Å². The van der Waals surface area contributed by atoms with Crippen molar-refractivity contribution in [2.75, 3.05) is 4.90 Å². The lowest BCUT2D eigenvalue weighted by Gasteiger charge is -2.43. The lowest BCUT2D eigenvalue weighted by Crippen LogP contribution is -2.42. The van der Waals surface area contributed by atoms with Crippen molar-refractivity contribution in [3.8, 4) is 0 Å². The summed E-state index contributed by atoms with van der Waals surface area (Å²) >= 11 is 3.05. The first-order valence-corrected chi connectivity index (χ1v) is 13.5. The van der Waals surface area contributed by atoms with Gasteiger partial charge < -0.3 is 4.98 Å². The highest BCUT2D eigenvalue weighted by atomic mass is 32.2. The van der Waals surface area contributed by atoms with E-state index in [0.29, 0.717) is 5.69 Å². The molecule has 3 fully saturated rings. The van der Waals surface area contributed by atoms with Crippen molar-refractivity contribution in [1.29, 1.82) is 0 Å². The largest absolute Gasteiger partial charge is 0.307 e. The summed E-state index contributed by atoms with van der Waals surface area (Å²) in [6, 6.07) is 16.1. The Hall–Kier alpha value is -2.64. The fourth-order valence-electron chi connectivity index (χ4n) is 7.25. The molecular formula is C27H24N2O3S2.